The number of nitrogens with zero attached hydrogens (tertiary/aromatic N) is 2. The second-order valence-corrected chi connectivity index (χ2v) is 8.68. The van der Waals surface area contributed by atoms with Crippen LogP contribution >= 0.6 is 0 Å². The molecule has 2 aliphatic heterocycles. The van der Waals surface area contributed by atoms with E-state index >= 15 is 0 Å². The Kier molecular flexibility index (Phi) is 6.30. The first-order valence-corrected chi connectivity index (χ1v) is 11.1. The van der Waals surface area contributed by atoms with Crippen LogP contribution in [0.15, 0.2) is 24.3 Å². The molecule has 1 atom stereocenters. The number of amides is 2. The van der Waals surface area contributed by atoms with Crippen molar-refractivity contribution in [3.63, 3.8) is 0 Å². The van der Waals surface area contributed by atoms with Gasteiger partial charge in [-0.25, -0.2) is 0 Å². The van der Waals surface area contributed by atoms with Crippen LogP contribution in [-0.4, -0.2) is 53.3 Å². The molecule has 1 saturated carbocycles. The van der Waals surface area contributed by atoms with Crippen molar-refractivity contribution in [1.29, 1.82) is 0 Å². The van der Waals surface area contributed by atoms with Gasteiger partial charge in [-0.3, -0.25) is 14.5 Å². The summed E-state index contributed by atoms with van der Waals surface area (Å²) in [6, 6.07) is 8.71. The third-order valence-electron chi connectivity index (χ3n) is 6.66. The van der Waals surface area contributed by atoms with E-state index in [0.717, 1.165) is 24.1 Å². The highest BCUT2D eigenvalue weighted by Crippen LogP contribution is 2.25. The zero-order valence-corrected chi connectivity index (χ0v) is 16.9. The van der Waals surface area contributed by atoms with Crippen LogP contribution in [0.25, 0.3) is 0 Å². The van der Waals surface area contributed by atoms with Crippen LogP contribution < -0.4 is 5.32 Å². The van der Waals surface area contributed by atoms with Gasteiger partial charge in [0.25, 0.3) is 5.91 Å². The molecule has 2 amide bonds. The molecule has 1 aliphatic carbocycles. The van der Waals surface area contributed by atoms with Gasteiger partial charge >= 0.3 is 0 Å². The SMILES string of the molecule is O=C(CCN1Cc2ccccc2C1=O)N[C@@H]1CCCN(C2CCCCCC2)C1. The number of piperidine rings is 1. The number of likely N-dealkylation sites (tertiary alicyclic amines) is 1. The van der Waals surface area contributed by atoms with E-state index in [2.05, 4.69) is 10.2 Å². The summed E-state index contributed by atoms with van der Waals surface area (Å²) in [5.74, 6) is 0.136. The molecule has 0 radical (unpaired) electrons. The highest BCUT2D eigenvalue weighted by atomic mass is 16.2. The maximum absolute atomic E-state index is 12.5. The second kappa shape index (κ2) is 9.08. The molecule has 1 saturated heterocycles. The van der Waals surface area contributed by atoms with Crippen molar-refractivity contribution in [2.75, 3.05) is 19.6 Å². The minimum absolute atomic E-state index is 0.0561. The van der Waals surface area contributed by atoms with Crippen molar-refractivity contribution >= 4 is 11.8 Å². The van der Waals surface area contributed by atoms with Gasteiger partial charge in [0, 0.05) is 43.7 Å². The lowest BCUT2D eigenvalue weighted by Gasteiger charge is -2.38. The Morgan fingerprint density at radius 3 is 2.61 bits per heavy atom. The van der Waals surface area contributed by atoms with Crippen molar-refractivity contribution in [2.45, 2.75) is 76.4 Å². The molecule has 1 aromatic rings. The molecule has 5 nitrogen and oxygen atoms in total. The topological polar surface area (TPSA) is 52.7 Å². The Labute approximate surface area is 168 Å². The average molecular weight is 384 g/mol. The van der Waals surface area contributed by atoms with Crippen molar-refractivity contribution in [1.82, 2.24) is 15.1 Å². The summed E-state index contributed by atoms with van der Waals surface area (Å²) in [7, 11) is 0. The Morgan fingerprint density at radius 1 is 1.04 bits per heavy atom. The fourth-order valence-corrected chi connectivity index (χ4v) is 5.11. The predicted molar refractivity (Wildman–Crippen MR) is 110 cm³/mol. The van der Waals surface area contributed by atoms with Crippen molar-refractivity contribution < 1.29 is 9.59 Å². The van der Waals surface area contributed by atoms with Crippen LogP contribution in [0, 0.1) is 0 Å². The molecule has 2 heterocycles. The quantitative estimate of drug-likeness (QED) is 0.794. The lowest BCUT2D eigenvalue weighted by Crippen LogP contribution is -2.51. The molecule has 2 fully saturated rings. The molecule has 3 aliphatic rings. The van der Waals surface area contributed by atoms with Crippen molar-refractivity contribution in [2.24, 2.45) is 0 Å². The van der Waals surface area contributed by atoms with Crippen LogP contribution in [0.4, 0.5) is 0 Å². The lowest BCUT2D eigenvalue weighted by molar-refractivity contribution is -0.122. The van der Waals surface area contributed by atoms with Crippen LogP contribution in [0.1, 0.15) is 73.7 Å². The van der Waals surface area contributed by atoms with E-state index in [-0.39, 0.29) is 17.9 Å². The molecule has 4 rings (SSSR count). The van der Waals surface area contributed by atoms with Crippen LogP contribution in [0.5, 0.6) is 0 Å². The summed E-state index contributed by atoms with van der Waals surface area (Å²) in [5.41, 5.74) is 1.86. The molecular weight excluding hydrogens is 350 g/mol. The number of hydrogen-bond donors (Lipinski definition) is 1. The molecule has 1 aromatic carbocycles. The van der Waals surface area contributed by atoms with Gasteiger partial charge in [0.15, 0.2) is 0 Å². The first-order valence-electron chi connectivity index (χ1n) is 11.1. The largest absolute Gasteiger partial charge is 0.352 e. The van der Waals surface area contributed by atoms with Crippen LogP contribution in [0.3, 0.4) is 0 Å². The maximum Gasteiger partial charge on any atom is 0.254 e. The highest BCUT2D eigenvalue weighted by molar-refractivity contribution is 5.98. The smallest absolute Gasteiger partial charge is 0.254 e. The average Bonchev–Trinajstić information content (AvgIpc) is 2.88. The Morgan fingerprint density at radius 2 is 1.82 bits per heavy atom. The zero-order chi connectivity index (χ0) is 19.3. The van der Waals surface area contributed by atoms with Gasteiger partial charge in [-0.05, 0) is 43.9 Å². The lowest BCUT2D eigenvalue weighted by atomic mass is 10.00. The van der Waals surface area contributed by atoms with E-state index in [1.807, 2.05) is 24.3 Å². The minimum atomic E-state index is 0.0561. The van der Waals surface area contributed by atoms with Gasteiger partial charge in [0.2, 0.25) is 5.91 Å². The molecule has 28 heavy (non-hydrogen) atoms. The Balaban J connectivity index is 1.23. The fraction of sp³-hybridized carbons (Fsp3) is 0.652. The summed E-state index contributed by atoms with van der Waals surface area (Å²) in [6.07, 6.45) is 10.7. The first-order chi connectivity index (χ1) is 13.7. The normalized spacial score (nSPS) is 24.1. The van der Waals surface area contributed by atoms with E-state index in [0.29, 0.717) is 25.6 Å². The predicted octanol–water partition coefficient (Wildman–Crippen LogP) is 3.34. The molecule has 1 N–H and O–H groups in total. The highest BCUT2D eigenvalue weighted by Gasteiger charge is 2.29. The van der Waals surface area contributed by atoms with E-state index < -0.39 is 0 Å². The molecule has 0 unspecified atom stereocenters. The van der Waals surface area contributed by atoms with E-state index in [4.69, 9.17) is 0 Å². The summed E-state index contributed by atoms with van der Waals surface area (Å²) in [6.45, 7) is 3.29. The number of rotatable bonds is 5. The summed E-state index contributed by atoms with van der Waals surface area (Å²) >= 11 is 0. The van der Waals surface area contributed by atoms with Gasteiger partial charge in [-0.2, -0.15) is 0 Å². The molecule has 0 aromatic heterocycles. The molecule has 5 heteroatoms. The Bertz CT molecular complexity index is 697. The van der Waals surface area contributed by atoms with Crippen molar-refractivity contribution in [3.8, 4) is 0 Å². The summed E-state index contributed by atoms with van der Waals surface area (Å²) in [5, 5.41) is 3.24. The van der Waals surface area contributed by atoms with Gasteiger partial charge in [0.1, 0.15) is 0 Å². The zero-order valence-electron chi connectivity index (χ0n) is 16.9. The Hall–Kier alpha value is -1.88. The van der Waals surface area contributed by atoms with E-state index in [1.54, 1.807) is 4.90 Å². The standard InChI is InChI=1S/C23H33N3O2/c27-22(13-15-26-16-18-8-5-6-12-21(18)23(26)28)24-19-9-7-14-25(17-19)20-10-3-1-2-4-11-20/h5-6,8,12,19-20H,1-4,7,9-11,13-17H2,(H,24,27)/t19-/m1/s1. The maximum atomic E-state index is 12.5. The molecule has 0 bridgehead atoms. The van der Waals surface area contributed by atoms with Crippen LogP contribution in [0.2, 0.25) is 0 Å². The van der Waals surface area contributed by atoms with E-state index in [1.165, 1.54) is 51.5 Å². The third kappa shape index (κ3) is 4.57. The van der Waals surface area contributed by atoms with Crippen LogP contribution in [-0.2, 0) is 11.3 Å². The number of benzene rings is 1. The number of nitrogens with one attached hydrogen (secondary N) is 1. The number of carbonyl (C=O) groups excluding carboxylic acids is 2. The van der Waals surface area contributed by atoms with Gasteiger partial charge < -0.3 is 10.2 Å². The molecule has 152 valence electrons. The van der Waals surface area contributed by atoms with Gasteiger partial charge in [-0.15, -0.1) is 0 Å². The third-order valence-corrected chi connectivity index (χ3v) is 6.66. The molecule has 0 spiro atoms. The number of fused-ring (bicyclic) bond motifs is 1. The first kappa shape index (κ1) is 19.4. The number of carbonyl (C=O) groups is 2. The summed E-state index contributed by atoms with van der Waals surface area (Å²) in [4.78, 5) is 29.4. The van der Waals surface area contributed by atoms with Crippen molar-refractivity contribution in [3.05, 3.63) is 35.4 Å². The van der Waals surface area contributed by atoms with E-state index in [9.17, 15) is 9.59 Å². The number of hydrogen-bond acceptors (Lipinski definition) is 3. The second-order valence-electron chi connectivity index (χ2n) is 8.68. The summed E-state index contributed by atoms with van der Waals surface area (Å²) < 4.78 is 0. The molecular formula is C23H33N3O2. The van der Waals surface area contributed by atoms with Gasteiger partial charge in [0.05, 0.1) is 0 Å². The monoisotopic (exact) mass is 383 g/mol. The minimum Gasteiger partial charge on any atom is -0.352 e. The van der Waals surface area contributed by atoms with Gasteiger partial charge in [-0.1, -0.05) is 43.9 Å². The fourth-order valence-electron chi connectivity index (χ4n) is 5.11.